The zero-order valence-corrected chi connectivity index (χ0v) is 10.8. The van der Waals surface area contributed by atoms with Gasteiger partial charge in [-0.3, -0.25) is 0 Å². The van der Waals surface area contributed by atoms with Gasteiger partial charge in [-0.25, -0.2) is 0 Å². The average molecular weight is 229 g/mol. The number of nitrogens with one attached hydrogen (secondary N) is 1. The van der Waals surface area contributed by atoms with Gasteiger partial charge in [0.05, 0.1) is 12.7 Å². The molecule has 96 valence electrons. The van der Waals surface area contributed by atoms with Crippen molar-refractivity contribution < 1.29 is 9.47 Å². The summed E-state index contributed by atoms with van der Waals surface area (Å²) in [4.78, 5) is 0. The number of rotatable bonds is 8. The van der Waals surface area contributed by atoms with E-state index in [9.17, 15) is 0 Å². The Bertz CT molecular complexity index is 164. The van der Waals surface area contributed by atoms with E-state index < -0.39 is 0 Å². The molecule has 0 aromatic carbocycles. The van der Waals surface area contributed by atoms with Crippen LogP contribution in [0.2, 0.25) is 0 Å². The summed E-state index contributed by atoms with van der Waals surface area (Å²) >= 11 is 0. The van der Waals surface area contributed by atoms with Crippen LogP contribution in [0.3, 0.4) is 0 Å². The lowest BCUT2D eigenvalue weighted by molar-refractivity contribution is -0.0694. The van der Waals surface area contributed by atoms with Crippen LogP contribution in [-0.2, 0) is 9.47 Å². The quantitative estimate of drug-likeness (QED) is 0.648. The first-order chi connectivity index (χ1) is 7.88. The fourth-order valence-corrected chi connectivity index (χ4v) is 2.03. The molecule has 1 N–H and O–H groups in total. The van der Waals surface area contributed by atoms with Gasteiger partial charge in [0, 0.05) is 19.3 Å². The Hall–Kier alpha value is -0.120. The molecular formula is C13H27NO2. The Kier molecular flexibility index (Phi) is 7.81. The maximum atomic E-state index is 5.91. The molecule has 1 heterocycles. The summed E-state index contributed by atoms with van der Waals surface area (Å²) < 4.78 is 11.4. The van der Waals surface area contributed by atoms with Crippen molar-refractivity contribution >= 4 is 0 Å². The Morgan fingerprint density at radius 2 is 2.12 bits per heavy atom. The first-order valence-corrected chi connectivity index (χ1v) is 6.81. The van der Waals surface area contributed by atoms with Crippen LogP contribution < -0.4 is 5.32 Å². The normalized spacial score (nSPS) is 25.9. The second-order valence-electron chi connectivity index (χ2n) is 4.54. The van der Waals surface area contributed by atoms with E-state index in [1.165, 1.54) is 25.7 Å². The van der Waals surface area contributed by atoms with Gasteiger partial charge in [-0.05, 0) is 25.8 Å². The topological polar surface area (TPSA) is 30.5 Å². The van der Waals surface area contributed by atoms with Crippen molar-refractivity contribution in [3.05, 3.63) is 0 Å². The lowest BCUT2D eigenvalue weighted by Gasteiger charge is -2.32. The molecule has 1 fully saturated rings. The second kappa shape index (κ2) is 8.97. The molecule has 1 aliphatic heterocycles. The summed E-state index contributed by atoms with van der Waals surface area (Å²) in [7, 11) is 0. The van der Waals surface area contributed by atoms with E-state index in [1.807, 2.05) is 0 Å². The fourth-order valence-electron chi connectivity index (χ4n) is 2.03. The maximum absolute atomic E-state index is 5.91. The van der Waals surface area contributed by atoms with Crippen LogP contribution in [0.4, 0.5) is 0 Å². The van der Waals surface area contributed by atoms with Crippen LogP contribution in [0.25, 0.3) is 0 Å². The molecular weight excluding hydrogens is 202 g/mol. The van der Waals surface area contributed by atoms with E-state index in [-0.39, 0.29) is 6.10 Å². The number of hydrogen-bond acceptors (Lipinski definition) is 3. The monoisotopic (exact) mass is 229 g/mol. The van der Waals surface area contributed by atoms with Crippen molar-refractivity contribution in [2.45, 2.75) is 58.1 Å². The summed E-state index contributed by atoms with van der Waals surface area (Å²) in [5.41, 5.74) is 0. The summed E-state index contributed by atoms with van der Waals surface area (Å²) in [5.74, 6) is 0. The smallest absolute Gasteiger partial charge is 0.0961 e. The van der Waals surface area contributed by atoms with Gasteiger partial charge >= 0.3 is 0 Å². The van der Waals surface area contributed by atoms with E-state index in [2.05, 4.69) is 19.2 Å². The highest BCUT2D eigenvalue weighted by atomic mass is 16.5. The Morgan fingerprint density at radius 3 is 2.88 bits per heavy atom. The Labute approximate surface area is 99.9 Å². The maximum Gasteiger partial charge on any atom is 0.0961 e. The molecule has 0 spiro atoms. The third kappa shape index (κ3) is 5.28. The molecule has 16 heavy (non-hydrogen) atoms. The molecule has 1 aliphatic rings. The van der Waals surface area contributed by atoms with Crippen LogP contribution in [0.1, 0.15) is 46.0 Å². The minimum absolute atomic E-state index is 0.261. The number of unbranched alkanes of at least 4 members (excludes halogenated alkanes) is 2. The summed E-state index contributed by atoms with van der Waals surface area (Å²) in [6.45, 7) is 8.01. The predicted octanol–water partition coefficient (Wildman–Crippen LogP) is 2.35. The molecule has 0 aromatic heterocycles. The van der Waals surface area contributed by atoms with E-state index in [0.29, 0.717) is 6.04 Å². The molecule has 0 saturated carbocycles. The zero-order valence-electron chi connectivity index (χ0n) is 10.8. The van der Waals surface area contributed by atoms with Crippen LogP contribution in [0.5, 0.6) is 0 Å². The molecule has 0 aliphatic carbocycles. The van der Waals surface area contributed by atoms with Crippen molar-refractivity contribution in [3.8, 4) is 0 Å². The van der Waals surface area contributed by atoms with Gasteiger partial charge in [-0.15, -0.1) is 0 Å². The van der Waals surface area contributed by atoms with Crippen molar-refractivity contribution in [3.63, 3.8) is 0 Å². The van der Waals surface area contributed by atoms with Gasteiger partial charge in [0.25, 0.3) is 0 Å². The van der Waals surface area contributed by atoms with Gasteiger partial charge in [-0.1, -0.05) is 26.7 Å². The minimum Gasteiger partial charge on any atom is -0.379 e. The minimum atomic E-state index is 0.261. The van der Waals surface area contributed by atoms with Gasteiger partial charge in [0.2, 0.25) is 0 Å². The predicted molar refractivity (Wildman–Crippen MR) is 66.8 cm³/mol. The first-order valence-electron chi connectivity index (χ1n) is 6.81. The highest BCUT2D eigenvalue weighted by molar-refractivity contribution is 4.80. The SMILES string of the molecule is CCCCCOC1COCCC1NCCC. The molecule has 0 amide bonds. The molecule has 1 rings (SSSR count). The molecule has 0 aromatic rings. The van der Waals surface area contributed by atoms with E-state index in [1.54, 1.807) is 0 Å². The second-order valence-corrected chi connectivity index (χ2v) is 4.54. The van der Waals surface area contributed by atoms with Crippen LogP contribution in [-0.4, -0.2) is 38.5 Å². The summed E-state index contributed by atoms with van der Waals surface area (Å²) in [5, 5.41) is 3.56. The lowest BCUT2D eigenvalue weighted by atomic mass is 10.1. The molecule has 0 radical (unpaired) electrons. The standard InChI is InChI=1S/C13H27NO2/c1-3-5-6-9-16-13-11-15-10-7-12(13)14-8-4-2/h12-14H,3-11H2,1-2H3. The van der Waals surface area contributed by atoms with Crippen LogP contribution >= 0.6 is 0 Å². The molecule has 3 nitrogen and oxygen atoms in total. The van der Waals surface area contributed by atoms with Crippen LogP contribution in [0.15, 0.2) is 0 Å². The van der Waals surface area contributed by atoms with Crippen molar-refractivity contribution in [1.82, 2.24) is 5.32 Å². The van der Waals surface area contributed by atoms with Crippen LogP contribution in [0, 0.1) is 0 Å². The van der Waals surface area contributed by atoms with Gasteiger partial charge < -0.3 is 14.8 Å². The molecule has 0 bridgehead atoms. The summed E-state index contributed by atoms with van der Waals surface area (Å²) in [6.07, 6.45) is 6.21. The largest absolute Gasteiger partial charge is 0.379 e. The number of ether oxygens (including phenoxy) is 2. The Morgan fingerprint density at radius 1 is 1.25 bits per heavy atom. The van der Waals surface area contributed by atoms with Crippen molar-refractivity contribution in [1.29, 1.82) is 0 Å². The molecule has 1 saturated heterocycles. The van der Waals surface area contributed by atoms with E-state index in [4.69, 9.17) is 9.47 Å². The summed E-state index contributed by atoms with van der Waals surface area (Å²) in [6, 6.07) is 0.496. The number of hydrogen-bond donors (Lipinski definition) is 1. The highest BCUT2D eigenvalue weighted by Gasteiger charge is 2.25. The molecule has 2 unspecified atom stereocenters. The van der Waals surface area contributed by atoms with Gasteiger partial charge in [-0.2, -0.15) is 0 Å². The van der Waals surface area contributed by atoms with Crippen molar-refractivity contribution in [2.75, 3.05) is 26.4 Å². The fraction of sp³-hybridized carbons (Fsp3) is 1.00. The molecule has 3 heteroatoms. The van der Waals surface area contributed by atoms with Crippen molar-refractivity contribution in [2.24, 2.45) is 0 Å². The van der Waals surface area contributed by atoms with Gasteiger partial charge in [0.1, 0.15) is 0 Å². The third-order valence-corrected chi connectivity index (χ3v) is 3.04. The lowest BCUT2D eigenvalue weighted by Crippen LogP contribution is -2.48. The van der Waals surface area contributed by atoms with E-state index in [0.717, 1.165) is 32.8 Å². The first kappa shape index (κ1) is 13.9. The average Bonchev–Trinajstić information content (AvgIpc) is 2.33. The Balaban J connectivity index is 2.18. The van der Waals surface area contributed by atoms with E-state index >= 15 is 0 Å². The highest BCUT2D eigenvalue weighted by Crippen LogP contribution is 2.12. The third-order valence-electron chi connectivity index (χ3n) is 3.04. The zero-order chi connectivity index (χ0) is 11.6. The van der Waals surface area contributed by atoms with Gasteiger partial charge in [0.15, 0.2) is 0 Å². The molecule has 2 atom stereocenters.